The van der Waals surface area contributed by atoms with Gasteiger partial charge in [0.2, 0.25) is 0 Å². The zero-order chi connectivity index (χ0) is 25.2. The highest BCUT2D eigenvalue weighted by molar-refractivity contribution is 5.99. The Bertz CT molecular complexity index is 1240. The van der Waals surface area contributed by atoms with Gasteiger partial charge in [0.25, 0.3) is 5.91 Å². The second kappa shape index (κ2) is 10.00. The molecule has 1 aromatic heterocycles. The molecule has 4 rings (SSSR count). The van der Waals surface area contributed by atoms with Crippen molar-refractivity contribution in [2.45, 2.75) is 38.3 Å². The van der Waals surface area contributed by atoms with Crippen LogP contribution in [0.3, 0.4) is 0 Å². The second-order valence-electron chi connectivity index (χ2n) is 9.22. The summed E-state index contributed by atoms with van der Waals surface area (Å²) < 4.78 is 21.6. The Balaban J connectivity index is 1.43. The monoisotopic (exact) mass is 479 g/mol. The van der Waals surface area contributed by atoms with Gasteiger partial charge in [0, 0.05) is 42.0 Å². The van der Waals surface area contributed by atoms with Crippen LogP contribution in [-0.2, 0) is 13.0 Å². The number of carbonyl (C=O) groups is 1. The zero-order valence-electron chi connectivity index (χ0n) is 21.0. The molecule has 8 nitrogen and oxygen atoms in total. The third kappa shape index (κ3) is 4.98. The van der Waals surface area contributed by atoms with Crippen molar-refractivity contribution in [1.82, 2.24) is 9.88 Å². The highest BCUT2D eigenvalue weighted by atomic mass is 16.5. The average molecular weight is 480 g/mol. The fraction of sp³-hybridized carbons (Fsp3) is 0.407. The van der Waals surface area contributed by atoms with Crippen LogP contribution in [0, 0.1) is 0 Å². The van der Waals surface area contributed by atoms with Crippen molar-refractivity contribution in [3.8, 4) is 23.0 Å². The van der Waals surface area contributed by atoms with E-state index in [1.165, 1.54) is 0 Å². The Labute approximate surface area is 205 Å². The number of aromatic nitrogens is 1. The number of hydrogen-bond acceptors (Lipinski definition) is 7. The summed E-state index contributed by atoms with van der Waals surface area (Å²) >= 11 is 0. The summed E-state index contributed by atoms with van der Waals surface area (Å²) in [6.45, 7) is 3.15. The molecule has 35 heavy (non-hydrogen) atoms. The lowest BCUT2D eigenvalue weighted by Crippen LogP contribution is -2.41. The molecule has 186 valence electrons. The van der Waals surface area contributed by atoms with Crippen molar-refractivity contribution >= 4 is 16.7 Å². The van der Waals surface area contributed by atoms with Gasteiger partial charge in [-0.3, -0.25) is 9.78 Å². The van der Waals surface area contributed by atoms with E-state index in [0.717, 1.165) is 34.7 Å². The maximum atomic E-state index is 13.0. The summed E-state index contributed by atoms with van der Waals surface area (Å²) in [5.74, 6) is 2.54. The number of rotatable bonds is 10. The topological polar surface area (TPSA) is 96.1 Å². The van der Waals surface area contributed by atoms with Crippen LogP contribution in [0.2, 0.25) is 0 Å². The Morgan fingerprint density at radius 2 is 1.54 bits per heavy atom. The lowest BCUT2D eigenvalue weighted by atomic mass is 9.90. The third-order valence-corrected chi connectivity index (χ3v) is 6.75. The summed E-state index contributed by atoms with van der Waals surface area (Å²) in [6.07, 6.45) is 5.89. The Hall–Kier alpha value is -3.52. The molecule has 1 unspecified atom stereocenters. The van der Waals surface area contributed by atoms with Crippen molar-refractivity contribution in [3.63, 3.8) is 0 Å². The number of carbonyl (C=O) groups excluding carboxylic acids is 1. The summed E-state index contributed by atoms with van der Waals surface area (Å²) in [6, 6.07) is 7.56. The predicted molar refractivity (Wildman–Crippen MR) is 135 cm³/mol. The highest BCUT2D eigenvalue weighted by Crippen LogP contribution is 2.36. The van der Waals surface area contributed by atoms with Crippen molar-refractivity contribution in [1.29, 1.82) is 0 Å². The molecule has 8 heteroatoms. The minimum atomic E-state index is -0.455. The molecule has 0 fully saturated rings. The molecule has 1 atom stereocenters. The molecule has 0 bridgehead atoms. The molecule has 1 aliphatic rings. The van der Waals surface area contributed by atoms with E-state index in [1.54, 1.807) is 34.5 Å². The predicted octanol–water partition coefficient (Wildman–Crippen LogP) is 3.97. The van der Waals surface area contributed by atoms with Crippen LogP contribution in [0.1, 0.15) is 41.3 Å². The molecule has 1 amide bonds. The minimum Gasteiger partial charge on any atom is -0.493 e. The molecule has 2 N–H and O–H groups in total. The fourth-order valence-electron chi connectivity index (χ4n) is 4.57. The summed E-state index contributed by atoms with van der Waals surface area (Å²) in [5, 5.41) is 2.06. The molecule has 0 aliphatic carbocycles. The van der Waals surface area contributed by atoms with E-state index >= 15 is 0 Å². The number of ether oxygens (including phenoxy) is 4. The molecule has 2 heterocycles. The van der Waals surface area contributed by atoms with Gasteiger partial charge < -0.3 is 29.6 Å². The molecular formula is C27H33N3O5. The van der Waals surface area contributed by atoms with Gasteiger partial charge in [-0.15, -0.1) is 0 Å². The number of nitrogens with two attached hydrogens (primary N) is 1. The van der Waals surface area contributed by atoms with E-state index in [1.807, 2.05) is 42.4 Å². The molecule has 0 radical (unpaired) electrons. The van der Waals surface area contributed by atoms with Crippen molar-refractivity contribution < 1.29 is 23.7 Å². The molecule has 3 aromatic rings. The van der Waals surface area contributed by atoms with Crippen LogP contribution in [0.15, 0.2) is 36.7 Å². The number of fused-ring (bicyclic) bond motifs is 2. The molecule has 1 aliphatic heterocycles. The largest absolute Gasteiger partial charge is 0.493 e. The fourth-order valence-corrected chi connectivity index (χ4v) is 4.57. The van der Waals surface area contributed by atoms with Crippen LogP contribution in [0.4, 0.5) is 0 Å². The molecular weight excluding hydrogens is 446 g/mol. The van der Waals surface area contributed by atoms with Crippen LogP contribution in [0.25, 0.3) is 10.8 Å². The average Bonchev–Trinajstić information content (AvgIpc) is 3.18. The van der Waals surface area contributed by atoms with E-state index in [-0.39, 0.29) is 5.91 Å². The number of hydrogen-bond donors (Lipinski definition) is 1. The Kier molecular flexibility index (Phi) is 7.03. The van der Waals surface area contributed by atoms with Crippen LogP contribution in [-0.4, -0.2) is 56.3 Å². The lowest BCUT2D eigenvalue weighted by molar-refractivity contribution is 0.0766. The van der Waals surface area contributed by atoms with Gasteiger partial charge in [0.05, 0.1) is 28.4 Å². The summed E-state index contributed by atoms with van der Waals surface area (Å²) in [4.78, 5) is 19.2. The standard InChI is InChI=1S/C27H33N3O5/c1-27(28,7-6-17-14-29-15-18-10-22(32-2)24(34-4)12-20(17)18)8-9-30-16-19-11-23(33-3)25(35-5)13-21(19)26(30)31/h10-15H,6-9,16,28H2,1-5H3. The number of methoxy groups -OCH3 is 4. The molecule has 0 saturated heterocycles. The number of nitrogens with zero attached hydrogens (tertiary/aromatic N) is 2. The smallest absolute Gasteiger partial charge is 0.254 e. The Morgan fingerprint density at radius 1 is 0.914 bits per heavy atom. The van der Waals surface area contributed by atoms with Gasteiger partial charge in [0.15, 0.2) is 23.0 Å². The van der Waals surface area contributed by atoms with Crippen LogP contribution in [0.5, 0.6) is 23.0 Å². The number of aryl methyl sites for hydroxylation is 1. The van der Waals surface area contributed by atoms with Crippen molar-refractivity contribution in [2.75, 3.05) is 35.0 Å². The summed E-state index contributed by atoms with van der Waals surface area (Å²) in [7, 11) is 6.42. The van der Waals surface area contributed by atoms with Gasteiger partial charge in [-0.2, -0.15) is 0 Å². The normalized spacial score (nSPS) is 14.6. The van der Waals surface area contributed by atoms with Gasteiger partial charge in [-0.05, 0) is 67.0 Å². The van der Waals surface area contributed by atoms with Gasteiger partial charge in [0.1, 0.15) is 0 Å². The number of pyridine rings is 1. The first-order valence-corrected chi connectivity index (χ1v) is 11.6. The van der Waals surface area contributed by atoms with E-state index in [0.29, 0.717) is 48.1 Å². The van der Waals surface area contributed by atoms with Crippen LogP contribution < -0.4 is 24.7 Å². The van der Waals surface area contributed by atoms with E-state index in [9.17, 15) is 4.79 Å². The van der Waals surface area contributed by atoms with Gasteiger partial charge in [-0.1, -0.05) is 0 Å². The lowest BCUT2D eigenvalue weighted by Gasteiger charge is -2.27. The van der Waals surface area contributed by atoms with E-state index < -0.39 is 5.54 Å². The van der Waals surface area contributed by atoms with E-state index in [4.69, 9.17) is 24.7 Å². The second-order valence-corrected chi connectivity index (χ2v) is 9.22. The quantitative estimate of drug-likeness (QED) is 0.470. The maximum Gasteiger partial charge on any atom is 0.254 e. The first-order valence-electron chi connectivity index (χ1n) is 11.6. The van der Waals surface area contributed by atoms with E-state index in [2.05, 4.69) is 4.98 Å². The van der Waals surface area contributed by atoms with Crippen molar-refractivity contribution in [2.24, 2.45) is 5.73 Å². The van der Waals surface area contributed by atoms with Gasteiger partial charge >= 0.3 is 0 Å². The van der Waals surface area contributed by atoms with Gasteiger partial charge in [-0.25, -0.2) is 0 Å². The highest BCUT2D eigenvalue weighted by Gasteiger charge is 2.31. The third-order valence-electron chi connectivity index (χ3n) is 6.75. The van der Waals surface area contributed by atoms with Crippen molar-refractivity contribution in [3.05, 3.63) is 53.3 Å². The molecule has 0 spiro atoms. The first kappa shape index (κ1) is 24.6. The maximum absolute atomic E-state index is 13.0. The summed E-state index contributed by atoms with van der Waals surface area (Å²) in [5.41, 5.74) is 8.93. The zero-order valence-corrected chi connectivity index (χ0v) is 21.0. The minimum absolute atomic E-state index is 0.00366. The molecule has 0 saturated carbocycles. The van der Waals surface area contributed by atoms with Crippen LogP contribution >= 0.6 is 0 Å². The Morgan fingerprint density at radius 3 is 2.23 bits per heavy atom. The first-order chi connectivity index (χ1) is 16.8. The molecule has 2 aromatic carbocycles. The SMILES string of the molecule is COc1cc2c(cc1OC)C(=O)N(CCC(C)(N)CCc1cncc3cc(OC)c(OC)cc13)C2. The number of benzene rings is 2. The number of amides is 1.